The van der Waals surface area contributed by atoms with Crippen LogP contribution in [0.5, 0.6) is 0 Å². The zero-order valence-corrected chi connectivity index (χ0v) is 18.9. The minimum atomic E-state index is -1.86. The third-order valence-electron chi connectivity index (χ3n) is 6.22. The second kappa shape index (κ2) is 8.58. The van der Waals surface area contributed by atoms with Crippen LogP contribution >= 0.6 is 0 Å². The van der Waals surface area contributed by atoms with Crippen molar-refractivity contribution in [3.8, 4) is 0 Å². The largest absolute Gasteiger partial charge is 0.398 e. The van der Waals surface area contributed by atoms with Gasteiger partial charge >= 0.3 is 8.56 Å². The van der Waals surface area contributed by atoms with Gasteiger partial charge in [0.05, 0.1) is 0 Å². The molecular weight excluding hydrogens is 320 g/mol. The highest BCUT2D eigenvalue weighted by molar-refractivity contribution is 6.77. The first-order valence-electron chi connectivity index (χ1n) is 9.13. The van der Waals surface area contributed by atoms with Gasteiger partial charge in [-0.05, 0) is 30.6 Å². The Balaban J connectivity index is 2.30. The van der Waals surface area contributed by atoms with E-state index in [1.807, 2.05) is 0 Å². The summed E-state index contributed by atoms with van der Waals surface area (Å²) in [5.74, 6) is 0. The summed E-state index contributed by atoms with van der Waals surface area (Å²) in [5.41, 5.74) is 0. The van der Waals surface area contributed by atoms with Gasteiger partial charge in [-0.2, -0.15) is 0 Å². The van der Waals surface area contributed by atoms with Crippen molar-refractivity contribution < 1.29 is 8.85 Å². The molecule has 1 aliphatic heterocycles. The highest BCUT2D eigenvalue weighted by atomic mass is 28.4. The molecule has 6 heteroatoms. The summed E-state index contributed by atoms with van der Waals surface area (Å²) >= 11 is 0. The molecule has 0 radical (unpaired) electrons. The van der Waals surface area contributed by atoms with Crippen LogP contribution in [0.2, 0.25) is 30.7 Å². The van der Waals surface area contributed by atoms with Gasteiger partial charge in [-0.15, -0.1) is 0 Å². The van der Waals surface area contributed by atoms with Crippen molar-refractivity contribution in [2.75, 3.05) is 46.9 Å². The minimum Gasteiger partial charge on any atom is -0.398 e. The van der Waals surface area contributed by atoms with Gasteiger partial charge in [0.15, 0.2) is 0 Å². The second-order valence-electron chi connectivity index (χ2n) is 8.64. The Labute approximate surface area is 146 Å². The molecule has 0 aromatic carbocycles. The molecule has 0 spiro atoms. The van der Waals surface area contributed by atoms with Crippen molar-refractivity contribution in [3.05, 3.63) is 0 Å². The van der Waals surface area contributed by atoms with Gasteiger partial charge in [0, 0.05) is 40.4 Å². The van der Waals surface area contributed by atoms with Crippen molar-refractivity contribution >= 4 is 16.8 Å². The highest BCUT2D eigenvalue weighted by Crippen LogP contribution is 2.38. The van der Waals surface area contributed by atoms with Gasteiger partial charge in [-0.25, -0.2) is 0 Å². The number of nitrogens with zero attached hydrogens (tertiary/aromatic N) is 2. The lowest BCUT2D eigenvalue weighted by Gasteiger charge is -2.49. The Hall–Kier alpha value is 0.274. The third-order valence-corrected chi connectivity index (χ3v) is 14.9. The van der Waals surface area contributed by atoms with E-state index in [0.29, 0.717) is 5.04 Å². The average Bonchev–Trinajstić information content (AvgIpc) is 2.50. The molecule has 1 fully saturated rings. The fourth-order valence-electron chi connectivity index (χ4n) is 3.07. The van der Waals surface area contributed by atoms with Crippen LogP contribution in [0.25, 0.3) is 0 Å². The molecule has 138 valence electrons. The SMILES string of the molecule is CO[Si](C)(CCCCN1CCN([Si](C)(C)C(C)(C)C)CC1)OC. The zero-order valence-electron chi connectivity index (χ0n) is 16.9. The van der Waals surface area contributed by atoms with Crippen molar-refractivity contribution in [1.82, 2.24) is 9.47 Å². The zero-order chi connectivity index (χ0) is 17.7. The number of hydrogen-bond acceptors (Lipinski definition) is 4. The van der Waals surface area contributed by atoms with Crippen LogP contribution in [0.1, 0.15) is 33.6 Å². The van der Waals surface area contributed by atoms with Crippen LogP contribution < -0.4 is 0 Å². The van der Waals surface area contributed by atoms with Crippen molar-refractivity contribution in [2.45, 2.75) is 64.3 Å². The van der Waals surface area contributed by atoms with Crippen LogP contribution in [-0.2, 0) is 8.85 Å². The van der Waals surface area contributed by atoms with Crippen molar-refractivity contribution in [1.29, 1.82) is 0 Å². The molecule has 0 aromatic rings. The number of rotatable bonds is 8. The average molecular weight is 361 g/mol. The second-order valence-corrected chi connectivity index (χ2v) is 17.5. The molecule has 0 bridgehead atoms. The Morgan fingerprint density at radius 3 is 1.83 bits per heavy atom. The Kier molecular flexibility index (Phi) is 7.95. The summed E-state index contributed by atoms with van der Waals surface area (Å²) in [6.07, 6.45) is 2.47. The Morgan fingerprint density at radius 2 is 1.39 bits per heavy atom. The van der Waals surface area contributed by atoms with E-state index >= 15 is 0 Å². The molecule has 4 nitrogen and oxygen atoms in total. The quantitative estimate of drug-likeness (QED) is 0.486. The van der Waals surface area contributed by atoms with Crippen LogP contribution in [0.15, 0.2) is 0 Å². The first-order valence-corrected chi connectivity index (χ1v) is 14.6. The van der Waals surface area contributed by atoms with Gasteiger partial charge < -0.3 is 18.3 Å². The molecule has 23 heavy (non-hydrogen) atoms. The molecule has 1 aliphatic rings. The molecule has 0 amide bonds. The van der Waals surface area contributed by atoms with E-state index in [2.05, 4.69) is 49.9 Å². The molecule has 0 aliphatic carbocycles. The van der Waals surface area contributed by atoms with Gasteiger partial charge in [-0.3, -0.25) is 0 Å². The first-order chi connectivity index (χ1) is 10.6. The van der Waals surface area contributed by atoms with Crippen LogP contribution in [-0.4, -0.2) is 73.2 Å². The standard InChI is InChI=1S/C17H40N2O2Si2/c1-17(2,3)22(6,7)19-14-12-18(13-15-19)11-9-10-16-23(8,20-4)21-5/h9-16H2,1-8H3. The van der Waals surface area contributed by atoms with Crippen LogP contribution in [0, 0.1) is 0 Å². The van der Waals surface area contributed by atoms with E-state index in [0.717, 1.165) is 6.04 Å². The lowest BCUT2D eigenvalue weighted by molar-refractivity contribution is 0.177. The van der Waals surface area contributed by atoms with E-state index in [1.165, 1.54) is 45.6 Å². The molecule has 0 unspecified atom stereocenters. The monoisotopic (exact) mass is 360 g/mol. The van der Waals surface area contributed by atoms with Gasteiger partial charge in [0.25, 0.3) is 0 Å². The van der Waals surface area contributed by atoms with E-state index in [4.69, 9.17) is 8.85 Å². The molecular formula is C17H40N2O2Si2. The van der Waals surface area contributed by atoms with E-state index in [-0.39, 0.29) is 0 Å². The summed E-state index contributed by atoms with van der Waals surface area (Å²) in [4.78, 5) is 2.64. The predicted molar refractivity (Wildman–Crippen MR) is 105 cm³/mol. The molecule has 0 saturated carbocycles. The maximum absolute atomic E-state index is 5.56. The maximum atomic E-state index is 5.56. The number of unbranched alkanes of at least 4 members (excludes halogenated alkanes) is 1. The Morgan fingerprint density at radius 1 is 0.870 bits per heavy atom. The van der Waals surface area contributed by atoms with Gasteiger partial charge in [0.2, 0.25) is 0 Å². The minimum absolute atomic E-state index is 0.449. The predicted octanol–water partition coefficient (Wildman–Crippen LogP) is 3.75. The van der Waals surface area contributed by atoms with Crippen LogP contribution in [0.4, 0.5) is 0 Å². The maximum Gasteiger partial charge on any atom is 0.334 e. The molecule has 1 heterocycles. The summed E-state index contributed by atoms with van der Waals surface area (Å²) in [6, 6.07) is 1.10. The summed E-state index contributed by atoms with van der Waals surface area (Å²) in [6.45, 7) is 20.7. The summed E-state index contributed by atoms with van der Waals surface area (Å²) in [7, 11) is 0.386. The lowest BCUT2D eigenvalue weighted by Crippen LogP contribution is -2.61. The van der Waals surface area contributed by atoms with E-state index in [1.54, 1.807) is 14.2 Å². The topological polar surface area (TPSA) is 24.9 Å². The molecule has 1 rings (SSSR count). The van der Waals surface area contributed by atoms with Gasteiger partial charge in [0.1, 0.15) is 8.24 Å². The molecule has 1 saturated heterocycles. The molecule has 0 aromatic heterocycles. The lowest BCUT2D eigenvalue weighted by atomic mass is 10.2. The normalized spacial score (nSPS) is 19.3. The van der Waals surface area contributed by atoms with E-state index in [9.17, 15) is 0 Å². The molecule has 0 atom stereocenters. The summed E-state index contributed by atoms with van der Waals surface area (Å²) < 4.78 is 13.9. The van der Waals surface area contributed by atoms with Crippen LogP contribution in [0.3, 0.4) is 0 Å². The van der Waals surface area contributed by atoms with E-state index < -0.39 is 16.8 Å². The molecule has 0 N–H and O–H groups in total. The van der Waals surface area contributed by atoms with Gasteiger partial charge in [-0.1, -0.05) is 40.3 Å². The number of piperazine rings is 1. The fraction of sp³-hybridized carbons (Fsp3) is 1.00. The highest BCUT2D eigenvalue weighted by Gasteiger charge is 2.41. The number of hydrogen-bond donors (Lipinski definition) is 0. The first kappa shape index (κ1) is 21.3. The smallest absolute Gasteiger partial charge is 0.334 e. The Bertz CT molecular complexity index is 347. The third kappa shape index (κ3) is 5.94. The van der Waals surface area contributed by atoms with Crippen molar-refractivity contribution in [2.24, 2.45) is 0 Å². The fourth-order valence-corrected chi connectivity index (χ4v) is 6.81. The summed E-state index contributed by atoms with van der Waals surface area (Å²) in [5, 5.41) is 0.449. The van der Waals surface area contributed by atoms with Crippen molar-refractivity contribution in [3.63, 3.8) is 0 Å².